The number of nitrogens with two attached hydrogens (primary N) is 1. The number of halogens is 1. The summed E-state index contributed by atoms with van der Waals surface area (Å²) in [5.74, 6) is 5.28. The molecule has 0 radical (unpaired) electrons. The van der Waals surface area contributed by atoms with E-state index in [4.69, 9.17) is 11.1 Å². The normalized spacial score (nSPS) is 15.2. The molecule has 0 bridgehead atoms. The average Bonchev–Trinajstić information content (AvgIpc) is 2.51. The van der Waals surface area contributed by atoms with E-state index in [-0.39, 0.29) is 0 Å². The average molecular weight is 246 g/mol. The fourth-order valence-corrected chi connectivity index (χ4v) is 2.19. The molecule has 0 aliphatic heterocycles. The Kier molecular flexibility index (Phi) is 2.85. The lowest BCUT2D eigenvalue weighted by atomic mass is 10.0. The summed E-state index contributed by atoms with van der Waals surface area (Å²) < 4.78 is 0.995. The Bertz CT molecular complexity index is 317. The molecule has 1 atom stereocenters. The predicted molar refractivity (Wildman–Crippen MR) is 52.3 cm³/mol. The molecular formula is C7H8BrN3S. The molecule has 12 heavy (non-hydrogen) atoms. The molecule has 3 N–H and O–H groups in total. The molecule has 1 unspecified atom stereocenters. The summed E-state index contributed by atoms with van der Waals surface area (Å²) in [6.45, 7) is 1.74. The van der Waals surface area contributed by atoms with Gasteiger partial charge in [0.25, 0.3) is 0 Å². The molecule has 1 aromatic heterocycles. The molecular weight excluding hydrogens is 238 g/mol. The number of thiophene rings is 1. The van der Waals surface area contributed by atoms with Gasteiger partial charge in [0.1, 0.15) is 0 Å². The fourth-order valence-electron chi connectivity index (χ4n) is 0.742. The molecule has 0 saturated carbocycles. The third-order valence-electron chi connectivity index (χ3n) is 1.58. The second-order valence-electron chi connectivity index (χ2n) is 2.48. The van der Waals surface area contributed by atoms with Gasteiger partial charge in [0.15, 0.2) is 5.54 Å². The molecule has 1 aromatic rings. The van der Waals surface area contributed by atoms with Gasteiger partial charge in [-0.3, -0.25) is 5.84 Å². The second-order valence-corrected chi connectivity index (χ2v) is 4.95. The quantitative estimate of drug-likeness (QED) is 0.616. The largest absolute Gasteiger partial charge is 0.270 e. The number of nitrogens with one attached hydrogen (secondary N) is 1. The van der Waals surface area contributed by atoms with Crippen LogP contribution in [0.1, 0.15) is 11.8 Å². The third kappa shape index (κ3) is 1.67. The zero-order valence-electron chi connectivity index (χ0n) is 6.47. The number of hydrogen-bond acceptors (Lipinski definition) is 4. The Morgan fingerprint density at radius 2 is 2.42 bits per heavy atom. The van der Waals surface area contributed by atoms with E-state index >= 15 is 0 Å². The van der Waals surface area contributed by atoms with E-state index < -0.39 is 5.54 Å². The molecule has 1 heterocycles. The lowest BCUT2D eigenvalue weighted by Crippen LogP contribution is -2.42. The SMILES string of the molecule is CC(C#N)(NN)c1ccc(Br)s1. The van der Waals surface area contributed by atoms with Crippen LogP contribution in [0.5, 0.6) is 0 Å². The molecule has 5 heteroatoms. The first-order valence-corrected chi connectivity index (χ1v) is 4.88. The van der Waals surface area contributed by atoms with Gasteiger partial charge in [-0.05, 0) is 35.0 Å². The van der Waals surface area contributed by atoms with Crippen molar-refractivity contribution in [3.05, 3.63) is 20.8 Å². The van der Waals surface area contributed by atoms with Crippen molar-refractivity contribution in [2.45, 2.75) is 12.5 Å². The van der Waals surface area contributed by atoms with E-state index in [1.165, 1.54) is 11.3 Å². The van der Waals surface area contributed by atoms with Crippen LogP contribution in [0, 0.1) is 11.3 Å². The zero-order valence-corrected chi connectivity index (χ0v) is 8.87. The first-order chi connectivity index (χ1) is 5.62. The molecule has 0 aliphatic rings. The summed E-state index contributed by atoms with van der Waals surface area (Å²) >= 11 is 4.82. The zero-order chi connectivity index (χ0) is 9.19. The van der Waals surface area contributed by atoms with Gasteiger partial charge in [0, 0.05) is 4.88 Å². The molecule has 0 aliphatic carbocycles. The van der Waals surface area contributed by atoms with Crippen molar-refractivity contribution < 1.29 is 0 Å². The minimum absolute atomic E-state index is 0.781. The molecule has 0 aromatic carbocycles. The van der Waals surface area contributed by atoms with Crippen molar-refractivity contribution in [3.8, 4) is 6.07 Å². The van der Waals surface area contributed by atoms with Crippen molar-refractivity contribution in [3.63, 3.8) is 0 Å². The van der Waals surface area contributed by atoms with Gasteiger partial charge in [-0.15, -0.1) is 11.3 Å². The van der Waals surface area contributed by atoms with Crippen LogP contribution >= 0.6 is 27.3 Å². The Morgan fingerprint density at radius 1 is 1.75 bits per heavy atom. The minimum Gasteiger partial charge on any atom is -0.270 e. The fraction of sp³-hybridized carbons (Fsp3) is 0.286. The highest BCUT2D eigenvalue weighted by atomic mass is 79.9. The van der Waals surface area contributed by atoms with Crippen LogP contribution in [0.4, 0.5) is 0 Å². The van der Waals surface area contributed by atoms with Crippen molar-refractivity contribution >= 4 is 27.3 Å². The third-order valence-corrected chi connectivity index (χ3v) is 3.42. The van der Waals surface area contributed by atoms with Gasteiger partial charge in [0.05, 0.1) is 9.86 Å². The Balaban J connectivity index is 3.05. The highest BCUT2D eigenvalue weighted by molar-refractivity contribution is 9.11. The van der Waals surface area contributed by atoms with E-state index in [2.05, 4.69) is 27.4 Å². The Morgan fingerprint density at radius 3 is 2.75 bits per heavy atom. The topological polar surface area (TPSA) is 61.8 Å². The van der Waals surface area contributed by atoms with Gasteiger partial charge in [-0.25, -0.2) is 5.43 Å². The lowest BCUT2D eigenvalue weighted by molar-refractivity contribution is 0.491. The van der Waals surface area contributed by atoms with Gasteiger partial charge < -0.3 is 0 Å². The minimum atomic E-state index is -0.781. The van der Waals surface area contributed by atoms with E-state index in [1.807, 2.05) is 12.1 Å². The second kappa shape index (κ2) is 3.54. The smallest absolute Gasteiger partial charge is 0.150 e. The maximum Gasteiger partial charge on any atom is 0.150 e. The first-order valence-electron chi connectivity index (χ1n) is 3.27. The van der Waals surface area contributed by atoms with Gasteiger partial charge in [0.2, 0.25) is 0 Å². The molecule has 0 fully saturated rings. The molecule has 0 spiro atoms. The van der Waals surface area contributed by atoms with E-state index in [0.29, 0.717) is 0 Å². The summed E-state index contributed by atoms with van der Waals surface area (Å²) in [7, 11) is 0. The molecule has 1 rings (SSSR count). The van der Waals surface area contributed by atoms with E-state index in [9.17, 15) is 0 Å². The number of hydrazine groups is 1. The first kappa shape index (κ1) is 9.68. The number of hydrogen-bond donors (Lipinski definition) is 2. The van der Waals surface area contributed by atoms with E-state index in [0.717, 1.165) is 8.66 Å². The Hall–Kier alpha value is -0.410. The standard InChI is InChI=1S/C7H8BrN3S/c1-7(4-9,11-10)5-2-3-6(8)12-5/h2-3,11H,10H2,1H3. The summed E-state index contributed by atoms with van der Waals surface area (Å²) in [5.41, 5.74) is 1.71. The van der Waals surface area contributed by atoms with Gasteiger partial charge >= 0.3 is 0 Å². The predicted octanol–water partition coefficient (Wildman–Crippen LogP) is 1.71. The van der Waals surface area contributed by atoms with Crippen LogP contribution < -0.4 is 11.3 Å². The number of nitriles is 1. The summed E-state index contributed by atoms with van der Waals surface area (Å²) in [4.78, 5) is 0.902. The number of rotatable bonds is 2. The number of nitrogens with zero attached hydrogens (tertiary/aromatic N) is 1. The van der Waals surface area contributed by atoms with E-state index in [1.54, 1.807) is 6.92 Å². The van der Waals surface area contributed by atoms with Crippen LogP contribution in [-0.4, -0.2) is 0 Å². The van der Waals surface area contributed by atoms with Crippen molar-refractivity contribution in [2.75, 3.05) is 0 Å². The summed E-state index contributed by atoms with van der Waals surface area (Å²) in [6.07, 6.45) is 0. The maximum atomic E-state index is 8.85. The van der Waals surface area contributed by atoms with Crippen molar-refractivity contribution in [1.29, 1.82) is 5.26 Å². The van der Waals surface area contributed by atoms with Crippen LogP contribution in [0.2, 0.25) is 0 Å². The molecule has 64 valence electrons. The molecule has 0 saturated heterocycles. The summed E-state index contributed by atoms with van der Waals surface area (Å²) in [5, 5.41) is 8.85. The maximum absolute atomic E-state index is 8.85. The highest BCUT2D eigenvalue weighted by Gasteiger charge is 2.26. The lowest BCUT2D eigenvalue weighted by Gasteiger charge is -2.17. The molecule has 3 nitrogen and oxygen atoms in total. The summed E-state index contributed by atoms with van der Waals surface area (Å²) in [6, 6.07) is 5.88. The van der Waals surface area contributed by atoms with Gasteiger partial charge in [-0.1, -0.05) is 0 Å². The van der Waals surface area contributed by atoms with Crippen LogP contribution in [-0.2, 0) is 5.54 Å². The monoisotopic (exact) mass is 245 g/mol. The van der Waals surface area contributed by atoms with Crippen molar-refractivity contribution in [2.24, 2.45) is 5.84 Å². The van der Waals surface area contributed by atoms with Crippen molar-refractivity contribution in [1.82, 2.24) is 5.43 Å². The molecule has 0 amide bonds. The highest BCUT2D eigenvalue weighted by Crippen LogP contribution is 2.30. The van der Waals surface area contributed by atoms with Crippen LogP contribution in [0.3, 0.4) is 0 Å². The van der Waals surface area contributed by atoms with Gasteiger partial charge in [-0.2, -0.15) is 5.26 Å². The van der Waals surface area contributed by atoms with Crippen LogP contribution in [0.25, 0.3) is 0 Å². The van der Waals surface area contributed by atoms with Crippen LogP contribution in [0.15, 0.2) is 15.9 Å². The Labute approximate surface area is 83.3 Å².